The van der Waals surface area contributed by atoms with Crippen molar-refractivity contribution in [1.82, 2.24) is 5.32 Å². The molecule has 2 rings (SSSR count). The molecule has 0 bridgehead atoms. The normalized spacial score (nSPS) is 18.3. The van der Waals surface area contributed by atoms with E-state index in [9.17, 15) is 13.2 Å². The van der Waals surface area contributed by atoms with Crippen molar-refractivity contribution in [3.63, 3.8) is 0 Å². The van der Waals surface area contributed by atoms with Gasteiger partial charge in [-0.25, -0.2) is 0 Å². The molecule has 0 saturated carbocycles. The molecule has 2 nitrogen and oxygen atoms in total. The van der Waals surface area contributed by atoms with Crippen molar-refractivity contribution < 1.29 is 13.2 Å². The molecule has 1 aliphatic heterocycles. The lowest BCUT2D eigenvalue weighted by Gasteiger charge is -2.27. The van der Waals surface area contributed by atoms with Gasteiger partial charge < -0.3 is 11.1 Å². The first-order valence-electron chi connectivity index (χ1n) is 5.66. The lowest BCUT2D eigenvalue weighted by molar-refractivity contribution is -0.138. The predicted molar refractivity (Wildman–Crippen MR) is 60.7 cm³/mol. The molecule has 0 aromatic heterocycles. The average Bonchev–Trinajstić information content (AvgIpc) is 2.28. The van der Waals surface area contributed by atoms with Crippen molar-refractivity contribution in [3.8, 4) is 0 Å². The van der Waals surface area contributed by atoms with Crippen molar-refractivity contribution in [2.75, 3.05) is 18.8 Å². The zero-order valence-electron chi connectivity index (χ0n) is 9.35. The van der Waals surface area contributed by atoms with E-state index in [2.05, 4.69) is 5.32 Å². The van der Waals surface area contributed by atoms with Gasteiger partial charge in [0.05, 0.1) is 5.56 Å². The Balaban J connectivity index is 2.43. The van der Waals surface area contributed by atoms with Gasteiger partial charge in [0.15, 0.2) is 0 Å². The molecule has 5 heteroatoms. The zero-order chi connectivity index (χ0) is 12.5. The van der Waals surface area contributed by atoms with Crippen LogP contribution in [0, 0.1) is 0 Å². The van der Waals surface area contributed by atoms with Crippen LogP contribution in [0.15, 0.2) is 18.2 Å². The van der Waals surface area contributed by atoms with Crippen molar-refractivity contribution >= 4 is 5.69 Å². The summed E-state index contributed by atoms with van der Waals surface area (Å²) in [5, 5.41) is 3.14. The molecule has 1 heterocycles. The summed E-state index contributed by atoms with van der Waals surface area (Å²) in [4.78, 5) is 0. The monoisotopic (exact) mass is 244 g/mol. The first kappa shape index (κ1) is 12.2. The first-order chi connectivity index (χ1) is 8.00. The van der Waals surface area contributed by atoms with Gasteiger partial charge in [-0.15, -0.1) is 0 Å². The molecule has 0 aliphatic carbocycles. The summed E-state index contributed by atoms with van der Waals surface area (Å²) in [5.41, 5.74) is 5.68. The van der Waals surface area contributed by atoms with E-state index in [0.717, 1.165) is 19.2 Å². The van der Waals surface area contributed by atoms with E-state index in [4.69, 9.17) is 5.73 Å². The molecule has 1 saturated heterocycles. The molecule has 0 atom stereocenters. The van der Waals surface area contributed by atoms with Crippen molar-refractivity contribution in [2.24, 2.45) is 0 Å². The first-order valence-corrected chi connectivity index (χ1v) is 5.66. The van der Waals surface area contributed by atoms with E-state index >= 15 is 0 Å². The maximum absolute atomic E-state index is 12.9. The largest absolute Gasteiger partial charge is 0.416 e. The molecule has 1 aromatic carbocycles. The summed E-state index contributed by atoms with van der Waals surface area (Å²) in [6.07, 6.45) is -2.91. The number of nitrogen functional groups attached to an aromatic ring is 1. The van der Waals surface area contributed by atoms with Crippen LogP contribution >= 0.6 is 0 Å². The number of nitrogens with two attached hydrogens (primary N) is 1. The maximum atomic E-state index is 12.9. The summed E-state index contributed by atoms with van der Waals surface area (Å²) < 4.78 is 38.7. The summed E-state index contributed by atoms with van der Waals surface area (Å²) in [6, 6.07) is 4.03. The van der Waals surface area contributed by atoms with Gasteiger partial charge in [-0.2, -0.15) is 13.2 Å². The minimum Gasteiger partial charge on any atom is -0.398 e. The number of anilines is 1. The Labute approximate surface area is 98.0 Å². The second-order valence-electron chi connectivity index (χ2n) is 4.33. The van der Waals surface area contributed by atoms with Gasteiger partial charge in [0.2, 0.25) is 0 Å². The minimum atomic E-state index is -4.32. The highest BCUT2D eigenvalue weighted by molar-refractivity contribution is 5.54. The lowest BCUT2D eigenvalue weighted by atomic mass is 9.86. The molecule has 0 unspecified atom stereocenters. The Hall–Kier alpha value is -1.23. The fraction of sp³-hybridized carbons (Fsp3) is 0.500. The van der Waals surface area contributed by atoms with Gasteiger partial charge in [-0.3, -0.25) is 0 Å². The Morgan fingerprint density at radius 3 is 2.41 bits per heavy atom. The molecule has 3 N–H and O–H groups in total. The van der Waals surface area contributed by atoms with Crippen LogP contribution in [0.5, 0.6) is 0 Å². The highest BCUT2D eigenvalue weighted by atomic mass is 19.4. The van der Waals surface area contributed by atoms with Crippen molar-refractivity contribution in [1.29, 1.82) is 0 Å². The van der Waals surface area contributed by atoms with Crippen LogP contribution in [-0.2, 0) is 6.18 Å². The number of piperidine rings is 1. The van der Waals surface area contributed by atoms with E-state index in [1.54, 1.807) is 6.07 Å². The Morgan fingerprint density at radius 2 is 1.82 bits per heavy atom. The van der Waals surface area contributed by atoms with Gasteiger partial charge in [0.25, 0.3) is 0 Å². The Bertz CT molecular complexity index is 395. The maximum Gasteiger partial charge on any atom is 0.416 e. The fourth-order valence-corrected chi connectivity index (χ4v) is 2.40. The van der Waals surface area contributed by atoms with Crippen LogP contribution in [-0.4, -0.2) is 13.1 Å². The van der Waals surface area contributed by atoms with Crippen LogP contribution in [0.1, 0.15) is 29.9 Å². The standard InChI is InChI=1S/C12H15F3N2/c13-12(14,15)9-2-1-3-10(16)11(9)8-4-6-17-7-5-8/h1-3,8,17H,4-7,16H2. The van der Waals surface area contributed by atoms with Gasteiger partial charge in [0.1, 0.15) is 0 Å². The highest BCUT2D eigenvalue weighted by Crippen LogP contribution is 2.40. The molecule has 0 amide bonds. The SMILES string of the molecule is Nc1cccc(C(F)(F)F)c1C1CCNCC1. The topological polar surface area (TPSA) is 38.0 Å². The van der Waals surface area contributed by atoms with E-state index < -0.39 is 11.7 Å². The molecule has 1 aromatic rings. The van der Waals surface area contributed by atoms with E-state index in [1.807, 2.05) is 0 Å². The smallest absolute Gasteiger partial charge is 0.398 e. The molecule has 94 valence electrons. The predicted octanol–water partition coefficient (Wildman–Crippen LogP) is 2.75. The van der Waals surface area contributed by atoms with E-state index in [0.29, 0.717) is 12.8 Å². The van der Waals surface area contributed by atoms with Crippen molar-refractivity contribution in [3.05, 3.63) is 29.3 Å². The molecule has 1 aliphatic rings. The number of benzene rings is 1. The van der Waals surface area contributed by atoms with Gasteiger partial charge in [-0.1, -0.05) is 6.07 Å². The molecular formula is C12H15F3N2. The number of hydrogen-bond donors (Lipinski definition) is 2. The lowest BCUT2D eigenvalue weighted by Crippen LogP contribution is -2.28. The number of hydrogen-bond acceptors (Lipinski definition) is 2. The summed E-state index contributed by atoms with van der Waals surface area (Å²) in [6.45, 7) is 1.49. The Kier molecular flexibility index (Phi) is 3.28. The highest BCUT2D eigenvalue weighted by Gasteiger charge is 2.36. The minimum absolute atomic E-state index is 0.0888. The van der Waals surface area contributed by atoms with Crippen LogP contribution in [0.3, 0.4) is 0 Å². The number of alkyl halides is 3. The fourth-order valence-electron chi connectivity index (χ4n) is 2.40. The number of rotatable bonds is 1. The molecular weight excluding hydrogens is 229 g/mol. The number of halogens is 3. The van der Waals surface area contributed by atoms with Crippen LogP contribution in [0.4, 0.5) is 18.9 Å². The van der Waals surface area contributed by atoms with Crippen LogP contribution in [0.2, 0.25) is 0 Å². The number of nitrogens with one attached hydrogen (secondary N) is 1. The molecule has 0 spiro atoms. The third kappa shape index (κ3) is 2.54. The second kappa shape index (κ2) is 4.56. The Morgan fingerprint density at radius 1 is 1.18 bits per heavy atom. The van der Waals surface area contributed by atoms with Crippen LogP contribution < -0.4 is 11.1 Å². The molecule has 1 fully saturated rings. The van der Waals surface area contributed by atoms with E-state index in [-0.39, 0.29) is 17.2 Å². The summed E-state index contributed by atoms with van der Waals surface area (Å²) >= 11 is 0. The average molecular weight is 244 g/mol. The van der Waals surface area contributed by atoms with E-state index in [1.165, 1.54) is 6.07 Å². The zero-order valence-corrected chi connectivity index (χ0v) is 9.35. The quantitative estimate of drug-likeness (QED) is 0.745. The van der Waals surface area contributed by atoms with Gasteiger partial charge >= 0.3 is 6.18 Å². The third-order valence-electron chi connectivity index (χ3n) is 3.19. The molecule has 17 heavy (non-hydrogen) atoms. The summed E-state index contributed by atoms with van der Waals surface area (Å²) in [5.74, 6) is -0.0888. The van der Waals surface area contributed by atoms with Gasteiger partial charge in [-0.05, 0) is 49.5 Å². The second-order valence-corrected chi connectivity index (χ2v) is 4.33. The van der Waals surface area contributed by atoms with Gasteiger partial charge in [0, 0.05) is 5.69 Å². The summed E-state index contributed by atoms with van der Waals surface area (Å²) in [7, 11) is 0. The third-order valence-corrected chi connectivity index (χ3v) is 3.19. The van der Waals surface area contributed by atoms with Crippen LogP contribution in [0.25, 0.3) is 0 Å². The van der Waals surface area contributed by atoms with Crippen molar-refractivity contribution in [2.45, 2.75) is 24.9 Å². The molecule has 0 radical (unpaired) electrons.